The van der Waals surface area contributed by atoms with E-state index in [0.717, 1.165) is 5.56 Å². The predicted molar refractivity (Wildman–Crippen MR) is 72.7 cm³/mol. The van der Waals surface area contributed by atoms with E-state index < -0.39 is 0 Å². The van der Waals surface area contributed by atoms with Crippen molar-refractivity contribution in [2.75, 3.05) is 13.7 Å². The minimum Gasteiger partial charge on any atom is -0.462 e. The van der Waals surface area contributed by atoms with Crippen LogP contribution >= 0.6 is 34.2 Å². The molecule has 0 heterocycles. The molecule has 0 aliphatic rings. The summed E-state index contributed by atoms with van der Waals surface area (Å²) in [4.78, 5) is 4.70. The molecule has 0 radical (unpaired) electrons. The van der Waals surface area contributed by atoms with Gasteiger partial charge in [-0.1, -0.05) is 17.5 Å². The quantitative estimate of drug-likeness (QED) is 0.276. The highest BCUT2D eigenvalue weighted by Crippen LogP contribution is 2.11. The van der Waals surface area contributed by atoms with Crippen LogP contribution in [0.5, 0.6) is 0 Å². The Kier molecular flexibility index (Phi) is 6.04. The summed E-state index contributed by atoms with van der Waals surface area (Å²) in [6.07, 6.45) is 0. The lowest BCUT2D eigenvalue weighted by atomic mass is 10.2. The largest absolute Gasteiger partial charge is 0.462 e. The van der Waals surface area contributed by atoms with E-state index in [1.807, 2.05) is 22.6 Å². The van der Waals surface area contributed by atoms with Gasteiger partial charge < -0.3 is 9.57 Å². The van der Waals surface area contributed by atoms with Gasteiger partial charge in [0.1, 0.15) is 7.11 Å². The van der Waals surface area contributed by atoms with E-state index in [2.05, 4.69) is 15.0 Å². The highest BCUT2D eigenvalue weighted by molar-refractivity contribution is 14.1. The van der Waals surface area contributed by atoms with E-state index in [1.54, 1.807) is 24.3 Å². The molecule has 0 aromatic heterocycles. The minimum absolute atomic E-state index is 0.272. The van der Waals surface area contributed by atoms with E-state index >= 15 is 0 Å². The molecule has 0 atom stereocenters. The van der Waals surface area contributed by atoms with Crippen molar-refractivity contribution in [3.63, 3.8) is 0 Å². The number of benzene rings is 1. The molecule has 0 aliphatic carbocycles. The lowest BCUT2D eigenvalue weighted by Crippen LogP contribution is -2.07. The Hall–Kier alpha value is -0.930. The maximum absolute atomic E-state index is 5.78. The number of rotatable bonds is 3. The number of hydrogen-bond acceptors (Lipinski definition) is 3. The van der Waals surface area contributed by atoms with Crippen LogP contribution in [0, 0.1) is 9.85 Å². The van der Waals surface area contributed by atoms with Gasteiger partial charge in [0, 0.05) is 33.2 Å². The second-order valence-electron chi connectivity index (χ2n) is 2.65. The molecule has 16 heavy (non-hydrogen) atoms. The van der Waals surface area contributed by atoms with Crippen molar-refractivity contribution in [2.45, 2.75) is 0 Å². The third kappa shape index (κ3) is 4.29. The van der Waals surface area contributed by atoms with E-state index in [-0.39, 0.29) is 6.61 Å². The van der Waals surface area contributed by atoms with Gasteiger partial charge in [0.15, 0.2) is 6.61 Å². The summed E-state index contributed by atoms with van der Waals surface area (Å²) in [5.41, 5.74) is 0.793. The maximum atomic E-state index is 5.78. The van der Waals surface area contributed by atoms with Crippen molar-refractivity contribution >= 4 is 40.1 Å². The molecule has 1 aromatic carbocycles. The SMILES string of the molecule is CON=C(OCC#CI)c1ccc(Cl)cc1. The number of halogens is 2. The molecule has 0 spiro atoms. The molecule has 0 bridgehead atoms. The van der Waals surface area contributed by atoms with E-state index in [9.17, 15) is 0 Å². The summed E-state index contributed by atoms with van der Waals surface area (Å²) < 4.78 is 8.06. The number of nitrogens with zero attached hydrogens (tertiary/aromatic N) is 1. The average molecular weight is 350 g/mol. The zero-order valence-corrected chi connectivity index (χ0v) is 11.4. The van der Waals surface area contributed by atoms with E-state index in [1.165, 1.54) is 7.11 Å². The van der Waals surface area contributed by atoms with Crippen molar-refractivity contribution in [2.24, 2.45) is 5.16 Å². The Labute approximate surface area is 113 Å². The Balaban J connectivity index is 2.80. The fraction of sp³-hybridized carbons (Fsp3) is 0.182. The van der Waals surface area contributed by atoms with Gasteiger partial charge in [-0.05, 0) is 33.3 Å². The van der Waals surface area contributed by atoms with Crippen LogP contribution in [0.15, 0.2) is 29.4 Å². The fourth-order valence-electron chi connectivity index (χ4n) is 0.969. The molecule has 1 rings (SSSR count). The standard InChI is InChI=1S/C11H9ClINO2/c1-15-14-11(16-8-2-7-13)9-3-5-10(12)6-4-9/h3-6H,8H2,1H3. The maximum Gasteiger partial charge on any atom is 0.258 e. The Morgan fingerprint density at radius 3 is 2.69 bits per heavy atom. The summed E-state index contributed by atoms with van der Waals surface area (Å²) >= 11 is 7.73. The van der Waals surface area contributed by atoms with Gasteiger partial charge in [-0.3, -0.25) is 0 Å². The normalized spacial score (nSPS) is 10.3. The van der Waals surface area contributed by atoms with Crippen LogP contribution in [0.3, 0.4) is 0 Å². The highest BCUT2D eigenvalue weighted by Gasteiger charge is 2.04. The monoisotopic (exact) mass is 349 g/mol. The van der Waals surface area contributed by atoms with Gasteiger partial charge in [0.05, 0.1) is 0 Å². The van der Waals surface area contributed by atoms with Crippen LogP contribution < -0.4 is 0 Å². The first-order chi connectivity index (χ1) is 7.77. The van der Waals surface area contributed by atoms with Crippen LogP contribution in [-0.2, 0) is 9.57 Å². The summed E-state index contributed by atoms with van der Waals surface area (Å²) in [7, 11) is 1.46. The third-order valence-electron chi connectivity index (χ3n) is 1.61. The van der Waals surface area contributed by atoms with Gasteiger partial charge in [-0.15, -0.1) is 0 Å². The van der Waals surface area contributed by atoms with Crippen molar-refractivity contribution in [1.82, 2.24) is 0 Å². The molecule has 1 aromatic rings. The van der Waals surface area contributed by atoms with E-state index in [0.29, 0.717) is 10.9 Å². The van der Waals surface area contributed by atoms with E-state index in [4.69, 9.17) is 21.2 Å². The summed E-state index contributed by atoms with van der Waals surface area (Å²) in [6.45, 7) is 0.272. The lowest BCUT2D eigenvalue weighted by Gasteiger charge is -2.05. The highest BCUT2D eigenvalue weighted by atomic mass is 127. The summed E-state index contributed by atoms with van der Waals surface area (Å²) in [6, 6.07) is 7.13. The lowest BCUT2D eigenvalue weighted by molar-refractivity contribution is 0.196. The Morgan fingerprint density at radius 2 is 2.12 bits per heavy atom. The summed E-state index contributed by atoms with van der Waals surface area (Å²) in [5.74, 6) is 3.16. The molecule has 0 fully saturated rings. The van der Waals surface area contributed by atoms with Crippen molar-refractivity contribution < 1.29 is 9.57 Å². The fourth-order valence-corrected chi connectivity index (χ4v) is 1.25. The zero-order valence-electron chi connectivity index (χ0n) is 8.54. The third-order valence-corrected chi connectivity index (χ3v) is 2.25. The second-order valence-corrected chi connectivity index (χ2v) is 3.62. The predicted octanol–water partition coefficient (Wildman–Crippen LogP) is 3.06. The molecular weight excluding hydrogens is 340 g/mol. The summed E-state index contributed by atoms with van der Waals surface area (Å²) in [5, 5.41) is 4.44. The molecule has 0 unspecified atom stereocenters. The Morgan fingerprint density at radius 1 is 1.44 bits per heavy atom. The van der Waals surface area contributed by atoms with Crippen molar-refractivity contribution in [1.29, 1.82) is 0 Å². The minimum atomic E-state index is 0.272. The van der Waals surface area contributed by atoms with Gasteiger partial charge in [0.25, 0.3) is 5.90 Å². The Bertz CT molecular complexity index is 420. The molecule has 3 nitrogen and oxygen atoms in total. The van der Waals surface area contributed by atoms with Gasteiger partial charge >= 0.3 is 0 Å². The van der Waals surface area contributed by atoms with Gasteiger partial charge in [-0.25, -0.2) is 0 Å². The topological polar surface area (TPSA) is 30.8 Å². The number of ether oxygens (including phenoxy) is 1. The van der Waals surface area contributed by atoms with Gasteiger partial charge in [0.2, 0.25) is 0 Å². The first kappa shape index (κ1) is 13.1. The van der Waals surface area contributed by atoms with Crippen LogP contribution in [0.4, 0.5) is 0 Å². The average Bonchev–Trinajstić information content (AvgIpc) is 2.29. The molecule has 0 N–H and O–H groups in total. The number of hydrogen-bond donors (Lipinski definition) is 0. The van der Waals surface area contributed by atoms with Crippen molar-refractivity contribution in [3.05, 3.63) is 34.9 Å². The molecule has 0 aliphatic heterocycles. The molecule has 0 saturated heterocycles. The smallest absolute Gasteiger partial charge is 0.258 e. The van der Waals surface area contributed by atoms with Crippen LogP contribution in [0.25, 0.3) is 0 Å². The van der Waals surface area contributed by atoms with Gasteiger partial charge in [-0.2, -0.15) is 0 Å². The first-order valence-corrected chi connectivity index (χ1v) is 5.82. The molecular formula is C11H9ClINO2. The molecule has 84 valence electrons. The first-order valence-electron chi connectivity index (χ1n) is 4.36. The number of oxime groups is 1. The zero-order chi connectivity index (χ0) is 11.8. The van der Waals surface area contributed by atoms with Crippen LogP contribution in [0.2, 0.25) is 5.02 Å². The molecule has 5 heteroatoms. The second kappa shape index (κ2) is 7.36. The molecule has 0 amide bonds. The van der Waals surface area contributed by atoms with Crippen LogP contribution in [-0.4, -0.2) is 19.6 Å². The van der Waals surface area contributed by atoms with Crippen molar-refractivity contribution in [3.8, 4) is 9.85 Å². The molecule has 0 saturated carbocycles. The van der Waals surface area contributed by atoms with Crippen LogP contribution in [0.1, 0.15) is 5.56 Å².